The summed E-state index contributed by atoms with van der Waals surface area (Å²) in [6.45, 7) is -0.409. The summed E-state index contributed by atoms with van der Waals surface area (Å²) in [5, 5.41) is 0. The van der Waals surface area contributed by atoms with E-state index in [1.165, 1.54) is 0 Å². The van der Waals surface area contributed by atoms with Gasteiger partial charge in [0, 0.05) is 6.61 Å². The summed E-state index contributed by atoms with van der Waals surface area (Å²) in [7, 11) is -5.52. The van der Waals surface area contributed by atoms with Gasteiger partial charge in [-0.2, -0.15) is 21.6 Å². The lowest BCUT2D eigenvalue weighted by Crippen LogP contribution is -2.28. The molecule has 1 rings (SSSR count). The highest BCUT2D eigenvalue weighted by molar-refractivity contribution is 7.87. The summed E-state index contributed by atoms with van der Waals surface area (Å²) in [6.07, 6.45) is 1.98. The van der Waals surface area contributed by atoms with Gasteiger partial charge in [-0.3, -0.25) is 4.18 Å². The Labute approximate surface area is 97.0 Å². The van der Waals surface area contributed by atoms with Gasteiger partial charge in [-0.15, -0.1) is 0 Å². The van der Waals surface area contributed by atoms with Crippen LogP contribution in [0.5, 0.6) is 0 Å². The molecule has 17 heavy (non-hydrogen) atoms. The quantitative estimate of drug-likeness (QED) is 0.432. The third-order valence-corrected chi connectivity index (χ3v) is 3.09. The zero-order valence-electron chi connectivity index (χ0n) is 8.90. The minimum Gasteiger partial charge on any atom is -0.353 e. The summed E-state index contributed by atoms with van der Waals surface area (Å²) < 4.78 is 70.3. The predicted octanol–water partition coefficient (Wildman–Crippen LogP) is 1.40. The topological polar surface area (TPSA) is 61.8 Å². The molecule has 5 nitrogen and oxygen atoms in total. The molecule has 1 atom stereocenters. The Hall–Kier alpha value is -0.380. The Kier molecular flexibility index (Phi) is 5.17. The maximum Gasteiger partial charge on any atom is 0.523 e. The van der Waals surface area contributed by atoms with Gasteiger partial charge in [0.15, 0.2) is 6.29 Å². The number of halogens is 3. The van der Waals surface area contributed by atoms with Crippen LogP contribution in [-0.2, 0) is 23.8 Å². The first-order chi connectivity index (χ1) is 7.83. The van der Waals surface area contributed by atoms with E-state index in [4.69, 9.17) is 9.47 Å². The fourth-order valence-electron chi connectivity index (χ4n) is 1.23. The Morgan fingerprint density at radius 2 is 1.94 bits per heavy atom. The van der Waals surface area contributed by atoms with E-state index in [-0.39, 0.29) is 6.61 Å². The van der Waals surface area contributed by atoms with Crippen LogP contribution >= 0.6 is 0 Å². The molecule has 9 heteroatoms. The van der Waals surface area contributed by atoms with Crippen LogP contribution in [0, 0.1) is 0 Å². The first kappa shape index (κ1) is 14.7. The van der Waals surface area contributed by atoms with Gasteiger partial charge in [-0.25, -0.2) is 0 Å². The largest absolute Gasteiger partial charge is 0.523 e. The molecule has 0 aromatic heterocycles. The molecule has 0 radical (unpaired) electrons. The van der Waals surface area contributed by atoms with E-state index >= 15 is 0 Å². The van der Waals surface area contributed by atoms with Crippen LogP contribution in [0.1, 0.15) is 19.3 Å². The maximum absolute atomic E-state index is 11.8. The minimum atomic E-state index is -5.52. The molecule has 1 saturated heterocycles. The number of hydrogen-bond acceptors (Lipinski definition) is 5. The van der Waals surface area contributed by atoms with Crippen molar-refractivity contribution in [1.82, 2.24) is 0 Å². The standard InChI is InChI=1S/C8H13F3O5S/c9-8(10,11)17(12,13)16-6-5-15-7-3-1-2-4-14-7/h7H,1-6H2. The van der Waals surface area contributed by atoms with Gasteiger partial charge in [0.2, 0.25) is 0 Å². The molecule has 1 unspecified atom stereocenters. The molecule has 0 N–H and O–H groups in total. The van der Waals surface area contributed by atoms with Crippen molar-refractivity contribution in [2.24, 2.45) is 0 Å². The first-order valence-corrected chi connectivity index (χ1v) is 6.42. The lowest BCUT2D eigenvalue weighted by Gasteiger charge is -2.22. The van der Waals surface area contributed by atoms with Crippen molar-refractivity contribution in [2.75, 3.05) is 19.8 Å². The lowest BCUT2D eigenvalue weighted by molar-refractivity contribution is -0.165. The van der Waals surface area contributed by atoms with E-state index in [1.54, 1.807) is 0 Å². The van der Waals surface area contributed by atoms with E-state index in [0.717, 1.165) is 12.8 Å². The second-order valence-corrected chi connectivity index (χ2v) is 5.00. The smallest absolute Gasteiger partial charge is 0.353 e. The van der Waals surface area contributed by atoms with Crippen molar-refractivity contribution in [3.63, 3.8) is 0 Å². The van der Waals surface area contributed by atoms with E-state index in [2.05, 4.69) is 4.18 Å². The highest BCUT2D eigenvalue weighted by Crippen LogP contribution is 2.24. The third-order valence-electron chi connectivity index (χ3n) is 2.05. The monoisotopic (exact) mass is 278 g/mol. The molecule has 1 aliphatic rings. The molecule has 0 aromatic carbocycles. The molecule has 0 saturated carbocycles. The second kappa shape index (κ2) is 5.98. The van der Waals surface area contributed by atoms with Crippen molar-refractivity contribution in [2.45, 2.75) is 31.1 Å². The molecule has 0 aromatic rings. The number of alkyl halides is 3. The molecule has 0 amide bonds. The molecule has 0 spiro atoms. The van der Waals surface area contributed by atoms with Crippen LogP contribution in [0.15, 0.2) is 0 Å². The van der Waals surface area contributed by atoms with E-state index in [9.17, 15) is 21.6 Å². The average molecular weight is 278 g/mol. The average Bonchev–Trinajstić information content (AvgIpc) is 2.24. The molecule has 0 aliphatic carbocycles. The summed E-state index contributed by atoms with van der Waals surface area (Å²) in [5.41, 5.74) is -5.39. The molecule has 1 fully saturated rings. The third kappa shape index (κ3) is 4.78. The summed E-state index contributed by atoms with van der Waals surface area (Å²) in [4.78, 5) is 0. The highest BCUT2D eigenvalue weighted by Gasteiger charge is 2.47. The number of hydrogen-bond donors (Lipinski definition) is 0. The number of ether oxygens (including phenoxy) is 2. The lowest BCUT2D eigenvalue weighted by atomic mass is 10.2. The molecule has 1 aliphatic heterocycles. The fourth-order valence-corrected chi connectivity index (χ4v) is 1.65. The van der Waals surface area contributed by atoms with Crippen molar-refractivity contribution >= 4 is 10.1 Å². The zero-order valence-corrected chi connectivity index (χ0v) is 9.72. The van der Waals surface area contributed by atoms with Gasteiger partial charge in [0.25, 0.3) is 0 Å². The molecule has 102 valence electrons. The van der Waals surface area contributed by atoms with Crippen molar-refractivity contribution < 1.29 is 35.2 Å². The van der Waals surface area contributed by atoms with Crippen LogP contribution in [0.3, 0.4) is 0 Å². The highest BCUT2D eigenvalue weighted by atomic mass is 32.2. The Balaban J connectivity index is 2.19. The normalized spacial score (nSPS) is 22.6. The van der Waals surface area contributed by atoms with Gasteiger partial charge in [0.05, 0.1) is 13.2 Å². The van der Waals surface area contributed by atoms with E-state index in [1.807, 2.05) is 0 Å². The summed E-state index contributed by atoms with van der Waals surface area (Å²) in [6, 6.07) is 0. The van der Waals surface area contributed by atoms with Crippen molar-refractivity contribution in [3.05, 3.63) is 0 Å². The van der Waals surface area contributed by atoms with Gasteiger partial charge in [-0.05, 0) is 19.3 Å². The first-order valence-electron chi connectivity index (χ1n) is 5.02. The Morgan fingerprint density at radius 3 is 2.47 bits per heavy atom. The zero-order chi connectivity index (χ0) is 12.9. The molecular formula is C8H13F3O5S. The van der Waals surface area contributed by atoms with Gasteiger partial charge in [0.1, 0.15) is 0 Å². The molecular weight excluding hydrogens is 265 g/mol. The maximum atomic E-state index is 11.8. The molecule has 1 heterocycles. The number of rotatable bonds is 5. The van der Waals surface area contributed by atoms with Crippen molar-refractivity contribution in [3.8, 4) is 0 Å². The van der Waals surface area contributed by atoms with Crippen LogP contribution in [-0.4, -0.2) is 40.0 Å². The predicted molar refractivity (Wildman–Crippen MR) is 50.5 cm³/mol. The van der Waals surface area contributed by atoms with Crippen molar-refractivity contribution in [1.29, 1.82) is 0 Å². The Bertz CT molecular complexity index is 321. The van der Waals surface area contributed by atoms with Gasteiger partial charge in [-0.1, -0.05) is 0 Å². The van der Waals surface area contributed by atoms with Crippen LogP contribution < -0.4 is 0 Å². The van der Waals surface area contributed by atoms with Crippen LogP contribution in [0.2, 0.25) is 0 Å². The Morgan fingerprint density at radius 1 is 1.24 bits per heavy atom. The second-order valence-electron chi connectivity index (χ2n) is 3.39. The fraction of sp³-hybridized carbons (Fsp3) is 1.00. The van der Waals surface area contributed by atoms with E-state index in [0.29, 0.717) is 13.0 Å². The summed E-state index contributed by atoms with van der Waals surface area (Å²) in [5.74, 6) is 0. The van der Waals surface area contributed by atoms with Crippen LogP contribution in [0.25, 0.3) is 0 Å². The minimum absolute atomic E-state index is 0.264. The summed E-state index contributed by atoms with van der Waals surface area (Å²) >= 11 is 0. The van der Waals surface area contributed by atoms with Gasteiger partial charge >= 0.3 is 15.6 Å². The van der Waals surface area contributed by atoms with Gasteiger partial charge < -0.3 is 9.47 Å². The molecule has 0 bridgehead atoms. The SMILES string of the molecule is O=S(=O)(OCCOC1CCCCO1)C(F)(F)F. The van der Waals surface area contributed by atoms with E-state index < -0.39 is 28.5 Å². The van der Waals surface area contributed by atoms with Crippen LogP contribution in [0.4, 0.5) is 13.2 Å².